The Morgan fingerprint density at radius 1 is 1.61 bits per heavy atom. The van der Waals surface area contributed by atoms with Crippen molar-refractivity contribution in [2.24, 2.45) is 11.3 Å². The van der Waals surface area contributed by atoms with Gasteiger partial charge in [-0.1, -0.05) is 13.3 Å². The van der Waals surface area contributed by atoms with Crippen LogP contribution in [0.5, 0.6) is 0 Å². The van der Waals surface area contributed by atoms with Gasteiger partial charge in [0.1, 0.15) is 0 Å². The Balaban J connectivity index is 2.05. The minimum Gasteiger partial charge on any atom is -0.351 e. The van der Waals surface area contributed by atoms with Crippen LogP contribution >= 0.6 is 15.9 Å². The van der Waals surface area contributed by atoms with Gasteiger partial charge in [-0.3, -0.25) is 4.79 Å². The molecule has 2 rings (SSSR count). The number of hydrazine groups is 1. The maximum Gasteiger partial charge on any atom is 0.255 e. The number of nitrogen functional groups attached to an aromatic ring is 1. The second-order valence-electron chi connectivity index (χ2n) is 5.04. The number of amides is 1. The van der Waals surface area contributed by atoms with Gasteiger partial charge in [0.05, 0.1) is 5.56 Å². The summed E-state index contributed by atoms with van der Waals surface area (Å²) < 4.78 is 0.751. The van der Waals surface area contributed by atoms with Gasteiger partial charge in [0, 0.05) is 17.2 Å². The molecule has 0 unspecified atom stereocenters. The van der Waals surface area contributed by atoms with Crippen molar-refractivity contribution in [1.82, 2.24) is 10.3 Å². The number of hydrogen-bond donors (Lipinski definition) is 3. The molecule has 4 N–H and O–H groups in total. The van der Waals surface area contributed by atoms with Crippen molar-refractivity contribution in [3.63, 3.8) is 0 Å². The molecule has 98 valence electrons. The van der Waals surface area contributed by atoms with E-state index in [9.17, 15) is 4.79 Å². The molecule has 1 aromatic heterocycles. The van der Waals surface area contributed by atoms with Gasteiger partial charge in [-0.2, -0.15) is 0 Å². The van der Waals surface area contributed by atoms with Crippen molar-refractivity contribution in [2.45, 2.75) is 26.2 Å². The Hall–Kier alpha value is -1.14. The van der Waals surface area contributed by atoms with E-state index >= 15 is 0 Å². The minimum absolute atomic E-state index is 0.148. The minimum atomic E-state index is -0.148. The average molecular weight is 313 g/mol. The molecule has 1 aliphatic rings. The van der Waals surface area contributed by atoms with Crippen LogP contribution in [0.1, 0.15) is 36.5 Å². The van der Waals surface area contributed by atoms with Crippen molar-refractivity contribution >= 4 is 27.7 Å². The predicted octanol–water partition coefficient (Wildman–Crippen LogP) is 2.05. The van der Waals surface area contributed by atoms with Crippen molar-refractivity contribution in [1.29, 1.82) is 0 Å². The molecule has 5 nitrogen and oxygen atoms in total. The number of carbonyl (C=O) groups is 1. The van der Waals surface area contributed by atoms with Gasteiger partial charge in [-0.05, 0) is 40.3 Å². The third-order valence-electron chi connectivity index (χ3n) is 3.47. The lowest BCUT2D eigenvalue weighted by atomic mass is 9.70. The van der Waals surface area contributed by atoms with Crippen molar-refractivity contribution in [3.05, 3.63) is 22.3 Å². The van der Waals surface area contributed by atoms with Crippen LogP contribution in [-0.2, 0) is 0 Å². The fourth-order valence-electron chi connectivity index (χ4n) is 2.07. The summed E-state index contributed by atoms with van der Waals surface area (Å²) >= 11 is 3.30. The second kappa shape index (κ2) is 5.24. The molecule has 1 aromatic rings. The van der Waals surface area contributed by atoms with E-state index in [0.29, 0.717) is 17.9 Å². The Bertz CT molecular complexity index is 459. The zero-order valence-electron chi connectivity index (χ0n) is 10.3. The summed E-state index contributed by atoms with van der Waals surface area (Å²) in [5.74, 6) is 5.59. The summed E-state index contributed by atoms with van der Waals surface area (Å²) in [4.78, 5) is 16.1. The highest BCUT2D eigenvalue weighted by atomic mass is 79.9. The molecule has 1 fully saturated rings. The molecule has 0 bridgehead atoms. The normalized spacial score (nSPS) is 16.8. The maximum atomic E-state index is 12.1. The summed E-state index contributed by atoms with van der Waals surface area (Å²) in [5, 5.41) is 2.95. The fraction of sp³-hybridized carbons (Fsp3) is 0.500. The first-order valence-corrected chi connectivity index (χ1v) is 6.74. The topological polar surface area (TPSA) is 80.0 Å². The molecule has 1 heterocycles. The first-order chi connectivity index (χ1) is 8.54. The van der Waals surface area contributed by atoms with E-state index in [2.05, 4.69) is 38.6 Å². The van der Waals surface area contributed by atoms with Crippen LogP contribution in [0.4, 0.5) is 5.82 Å². The SMILES string of the molecule is CC1(CNC(=O)c2cc(Br)cnc2NN)CCC1. The van der Waals surface area contributed by atoms with Gasteiger partial charge in [0.2, 0.25) is 0 Å². The third-order valence-corrected chi connectivity index (χ3v) is 3.91. The van der Waals surface area contributed by atoms with Gasteiger partial charge in [0.15, 0.2) is 5.82 Å². The molecule has 1 saturated carbocycles. The lowest BCUT2D eigenvalue weighted by molar-refractivity contribution is 0.0891. The monoisotopic (exact) mass is 312 g/mol. The molecule has 0 radical (unpaired) electrons. The third kappa shape index (κ3) is 2.81. The van der Waals surface area contributed by atoms with E-state index in [-0.39, 0.29) is 11.3 Å². The zero-order valence-corrected chi connectivity index (χ0v) is 11.9. The molecule has 0 spiro atoms. The maximum absolute atomic E-state index is 12.1. The Kier molecular flexibility index (Phi) is 3.87. The highest BCUT2D eigenvalue weighted by Gasteiger charge is 2.32. The standard InChI is InChI=1S/C12H17BrN4O/c1-12(3-2-4-12)7-16-11(18)9-5-8(13)6-15-10(9)17-14/h5-6H,2-4,7,14H2,1H3,(H,15,17)(H,16,18). The van der Waals surface area contributed by atoms with Gasteiger partial charge in [-0.25, -0.2) is 10.8 Å². The molecule has 0 aromatic carbocycles. The summed E-state index contributed by atoms with van der Waals surface area (Å²) in [6.45, 7) is 2.89. The number of nitrogens with one attached hydrogen (secondary N) is 2. The van der Waals surface area contributed by atoms with Crippen LogP contribution in [0.25, 0.3) is 0 Å². The molecule has 6 heteroatoms. The largest absolute Gasteiger partial charge is 0.351 e. The lowest BCUT2D eigenvalue weighted by Crippen LogP contribution is -2.40. The smallest absolute Gasteiger partial charge is 0.255 e. The highest BCUT2D eigenvalue weighted by molar-refractivity contribution is 9.10. The van der Waals surface area contributed by atoms with E-state index in [1.807, 2.05) is 0 Å². The number of halogens is 1. The number of aromatic nitrogens is 1. The Labute approximate surface area is 115 Å². The average Bonchev–Trinajstić information content (AvgIpc) is 2.33. The number of carbonyl (C=O) groups excluding carboxylic acids is 1. The second-order valence-corrected chi connectivity index (χ2v) is 5.96. The predicted molar refractivity (Wildman–Crippen MR) is 74.0 cm³/mol. The number of nitrogens with zero attached hydrogens (tertiary/aromatic N) is 1. The number of nitrogens with two attached hydrogens (primary N) is 1. The molecular weight excluding hydrogens is 296 g/mol. The number of pyridine rings is 1. The first-order valence-electron chi connectivity index (χ1n) is 5.94. The van der Waals surface area contributed by atoms with E-state index in [1.165, 1.54) is 19.3 Å². The van der Waals surface area contributed by atoms with Crippen LogP contribution in [0, 0.1) is 5.41 Å². The van der Waals surface area contributed by atoms with Crippen molar-refractivity contribution in [3.8, 4) is 0 Å². The molecule has 1 amide bonds. The molecule has 0 aliphatic heterocycles. The van der Waals surface area contributed by atoms with Crippen LogP contribution in [0.2, 0.25) is 0 Å². The summed E-state index contributed by atoms with van der Waals surface area (Å²) in [7, 11) is 0. The van der Waals surface area contributed by atoms with Crippen LogP contribution in [0.3, 0.4) is 0 Å². The fourth-order valence-corrected chi connectivity index (χ4v) is 2.40. The van der Waals surface area contributed by atoms with Gasteiger partial charge in [0.25, 0.3) is 5.91 Å². The lowest BCUT2D eigenvalue weighted by Gasteiger charge is -2.38. The summed E-state index contributed by atoms with van der Waals surface area (Å²) in [5.41, 5.74) is 3.14. The van der Waals surface area contributed by atoms with Crippen LogP contribution in [-0.4, -0.2) is 17.4 Å². The number of anilines is 1. The summed E-state index contributed by atoms with van der Waals surface area (Å²) in [6.07, 6.45) is 5.19. The van der Waals surface area contributed by atoms with Gasteiger partial charge >= 0.3 is 0 Å². The van der Waals surface area contributed by atoms with Gasteiger partial charge < -0.3 is 10.7 Å². The molecule has 1 aliphatic carbocycles. The molecule has 0 saturated heterocycles. The quantitative estimate of drug-likeness (QED) is 0.587. The first kappa shape index (κ1) is 13.3. The highest BCUT2D eigenvalue weighted by Crippen LogP contribution is 2.39. The Morgan fingerprint density at radius 2 is 2.33 bits per heavy atom. The number of hydrogen-bond acceptors (Lipinski definition) is 4. The molecular formula is C12H17BrN4O. The molecule has 18 heavy (non-hydrogen) atoms. The van der Waals surface area contributed by atoms with Crippen molar-refractivity contribution < 1.29 is 4.79 Å². The zero-order chi connectivity index (χ0) is 13.2. The van der Waals surface area contributed by atoms with E-state index < -0.39 is 0 Å². The van der Waals surface area contributed by atoms with Crippen molar-refractivity contribution in [2.75, 3.05) is 12.0 Å². The molecule has 0 atom stereocenters. The van der Waals surface area contributed by atoms with Crippen LogP contribution in [0.15, 0.2) is 16.7 Å². The van der Waals surface area contributed by atoms with Crippen LogP contribution < -0.4 is 16.6 Å². The van der Waals surface area contributed by atoms with E-state index in [4.69, 9.17) is 5.84 Å². The Morgan fingerprint density at radius 3 is 2.89 bits per heavy atom. The number of rotatable bonds is 4. The summed E-state index contributed by atoms with van der Waals surface area (Å²) in [6, 6.07) is 1.71. The van der Waals surface area contributed by atoms with E-state index in [0.717, 1.165) is 4.47 Å². The van der Waals surface area contributed by atoms with E-state index in [1.54, 1.807) is 12.3 Å². The van der Waals surface area contributed by atoms with Gasteiger partial charge in [-0.15, -0.1) is 0 Å².